The molecule has 0 amide bonds. The van der Waals surface area contributed by atoms with Gasteiger partial charge >= 0.3 is 0 Å². The SMILES string of the molecule is CN(C)N(N)C1(C)C=CC=C1. The quantitative estimate of drug-likeness (QED) is 0.464. The summed E-state index contributed by atoms with van der Waals surface area (Å²) in [6.45, 7) is 2.06. The summed E-state index contributed by atoms with van der Waals surface area (Å²) in [5.41, 5.74) is -0.149. The van der Waals surface area contributed by atoms with E-state index < -0.39 is 0 Å². The predicted molar refractivity (Wildman–Crippen MR) is 46.4 cm³/mol. The molecule has 0 fully saturated rings. The van der Waals surface area contributed by atoms with Crippen molar-refractivity contribution in [2.45, 2.75) is 12.5 Å². The van der Waals surface area contributed by atoms with E-state index in [1.165, 1.54) is 0 Å². The summed E-state index contributed by atoms with van der Waals surface area (Å²) in [6.07, 6.45) is 8.13. The summed E-state index contributed by atoms with van der Waals surface area (Å²) < 4.78 is 0. The number of nitrogens with zero attached hydrogens (tertiary/aromatic N) is 2. The topological polar surface area (TPSA) is 32.5 Å². The van der Waals surface area contributed by atoms with Crippen LogP contribution in [0, 0.1) is 0 Å². The summed E-state index contributed by atoms with van der Waals surface area (Å²) in [5, 5.41) is 3.55. The Kier molecular flexibility index (Phi) is 2.13. The molecule has 1 aliphatic carbocycles. The molecule has 0 unspecified atom stereocenters. The van der Waals surface area contributed by atoms with Crippen molar-refractivity contribution >= 4 is 0 Å². The molecule has 11 heavy (non-hydrogen) atoms. The van der Waals surface area contributed by atoms with Crippen molar-refractivity contribution in [3.8, 4) is 0 Å². The molecule has 2 N–H and O–H groups in total. The lowest BCUT2D eigenvalue weighted by molar-refractivity contribution is -0.0278. The first-order valence-electron chi connectivity index (χ1n) is 3.65. The lowest BCUT2D eigenvalue weighted by atomic mass is 10.1. The van der Waals surface area contributed by atoms with E-state index in [9.17, 15) is 0 Å². The lowest BCUT2D eigenvalue weighted by Gasteiger charge is -2.35. The Balaban J connectivity index is 2.73. The van der Waals surface area contributed by atoms with Crippen LogP contribution in [0.1, 0.15) is 6.92 Å². The lowest BCUT2D eigenvalue weighted by Crippen LogP contribution is -2.54. The first-order valence-corrected chi connectivity index (χ1v) is 3.65. The minimum Gasteiger partial charge on any atom is -0.254 e. The maximum Gasteiger partial charge on any atom is 0.0847 e. The first-order chi connectivity index (χ1) is 5.06. The van der Waals surface area contributed by atoms with Gasteiger partial charge in [0.25, 0.3) is 0 Å². The Morgan fingerprint density at radius 3 is 2.00 bits per heavy atom. The van der Waals surface area contributed by atoms with Gasteiger partial charge in [0.05, 0.1) is 5.54 Å². The molecule has 0 aromatic heterocycles. The second kappa shape index (κ2) is 2.77. The fourth-order valence-corrected chi connectivity index (χ4v) is 1.14. The Morgan fingerprint density at radius 1 is 1.18 bits per heavy atom. The Labute approximate surface area is 67.7 Å². The fraction of sp³-hybridized carbons (Fsp3) is 0.500. The highest BCUT2D eigenvalue weighted by atomic mass is 15.8. The highest BCUT2D eigenvalue weighted by Gasteiger charge is 2.27. The van der Waals surface area contributed by atoms with E-state index >= 15 is 0 Å². The Morgan fingerprint density at radius 2 is 1.64 bits per heavy atom. The zero-order valence-electron chi connectivity index (χ0n) is 7.28. The van der Waals surface area contributed by atoms with Gasteiger partial charge in [-0.05, 0) is 6.92 Å². The number of nitrogens with two attached hydrogens (primary N) is 1. The van der Waals surface area contributed by atoms with Gasteiger partial charge in [0.2, 0.25) is 0 Å². The summed E-state index contributed by atoms with van der Waals surface area (Å²) in [6, 6.07) is 0. The smallest absolute Gasteiger partial charge is 0.0847 e. The van der Waals surface area contributed by atoms with Gasteiger partial charge in [-0.2, -0.15) is 5.12 Å². The van der Waals surface area contributed by atoms with E-state index in [-0.39, 0.29) is 5.54 Å². The molecular weight excluding hydrogens is 138 g/mol. The fourth-order valence-electron chi connectivity index (χ4n) is 1.14. The number of hydrogen-bond acceptors (Lipinski definition) is 3. The van der Waals surface area contributed by atoms with Gasteiger partial charge < -0.3 is 0 Å². The summed E-state index contributed by atoms with van der Waals surface area (Å²) in [7, 11) is 3.84. The van der Waals surface area contributed by atoms with E-state index in [4.69, 9.17) is 5.84 Å². The first kappa shape index (κ1) is 8.46. The van der Waals surface area contributed by atoms with Crippen molar-refractivity contribution in [1.29, 1.82) is 0 Å². The van der Waals surface area contributed by atoms with Gasteiger partial charge in [-0.1, -0.05) is 24.3 Å². The van der Waals surface area contributed by atoms with Crippen LogP contribution in [0.15, 0.2) is 24.3 Å². The van der Waals surface area contributed by atoms with Gasteiger partial charge in [0, 0.05) is 14.1 Å². The molecule has 0 heterocycles. The monoisotopic (exact) mass is 153 g/mol. The third-order valence-electron chi connectivity index (χ3n) is 1.90. The van der Waals surface area contributed by atoms with Crippen LogP contribution in [-0.4, -0.2) is 29.8 Å². The minimum atomic E-state index is -0.149. The summed E-state index contributed by atoms with van der Waals surface area (Å²) in [4.78, 5) is 0. The molecule has 1 aliphatic rings. The molecule has 62 valence electrons. The van der Waals surface area contributed by atoms with Crippen LogP contribution in [0.25, 0.3) is 0 Å². The molecule has 0 aromatic carbocycles. The molecule has 0 atom stereocenters. The van der Waals surface area contributed by atoms with Crippen LogP contribution in [-0.2, 0) is 0 Å². The third kappa shape index (κ3) is 1.50. The molecular formula is C8H15N3. The van der Waals surface area contributed by atoms with Crippen molar-refractivity contribution in [2.24, 2.45) is 5.84 Å². The van der Waals surface area contributed by atoms with Gasteiger partial charge in [-0.15, -0.1) is 0 Å². The van der Waals surface area contributed by atoms with Crippen LogP contribution in [0.3, 0.4) is 0 Å². The summed E-state index contributed by atoms with van der Waals surface area (Å²) >= 11 is 0. The highest BCUT2D eigenvalue weighted by Crippen LogP contribution is 2.20. The van der Waals surface area contributed by atoms with E-state index in [0.29, 0.717) is 0 Å². The molecule has 0 aliphatic heterocycles. The number of hydrazine groups is 2. The molecule has 0 saturated heterocycles. The van der Waals surface area contributed by atoms with Crippen molar-refractivity contribution < 1.29 is 0 Å². The second-order valence-corrected chi connectivity index (χ2v) is 3.14. The van der Waals surface area contributed by atoms with Crippen LogP contribution >= 0.6 is 0 Å². The van der Waals surface area contributed by atoms with E-state index in [2.05, 4.69) is 19.1 Å². The Bertz CT molecular complexity index is 182. The maximum absolute atomic E-state index is 5.81. The van der Waals surface area contributed by atoms with Crippen molar-refractivity contribution in [3.05, 3.63) is 24.3 Å². The van der Waals surface area contributed by atoms with Gasteiger partial charge in [0.15, 0.2) is 0 Å². The Hall–Kier alpha value is -0.640. The normalized spacial score (nSPS) is 20.5. The van der Waals surface area contributed by atoms with E-state index in [0.717, 1.165) is 0 Å². The van der Waals surface area contributed by atoms with Gasteiger partial charge in [0.1, 0.15) is 0 Å². The van der Waals surface area contributed by atoms with Crippen LogP contribution in [0.2, 0.25) is 0 Å². The molecule has 3 heteroatoms. The van der Waals surface area contributed by atoms with E-state index in [1.807, 2.05) is 31.3 Å². The van der Waals surface area contributed by atoms with Crippen LogP contribution in [0.5, 0.6) is 0 Å². The molecule has 3 nitrogen and oxygen atoms in total. The number of hydrogen-bond donors (Lipinski definition) is 1. The second-order valence-electron chi connectivity index (χ2n) is 3.14. The third-order valence-corrected chi connectivity index (χ3v) is 1.90. The maximum atomic E-state index is 5.81. The number of allylic oxidation sites excluding steroid dienone is 2. The van der Waals surface area contributed by atoms with Crippen LogP contribution in [0.4, 0.5) is 0 Å². The minimum absolute atomic E-state index is 0.149. The molecule has 0 bridgehead atoms. The molecule has 0 saturated carbocycles. The zero-order valence-corrected chi connectivity index (χ0v) is 7.28. The van der Waals surface area contributed by atoms with Crippen molar-refractivity contribution in [1.82, 2.24) is 10.1 Å². The van der Waals surface area contributed by atoms with Gasteiger partial charge in [-0.25, -0.2) is 5.01 Å². The molecule has 0 aromatic rings. The average Bonchev–Trinajstić information content (AvgIpc) is 2.35. The summed E-state index contributed by atoms with van der Waals surface area (Å²) in [5.74, 6) is 5.81. The zero-order chi connectivity index (χ0) is 8.48. The highest BCUT2D eigenvalue weighted by molar-refractivity contribution is 5.28. The largest absolute Gasteiger partial charge is 0.254 e. The predicted octanol–water partition coefficient (Wildman–Crippen LogP) is 0.523. The van der Waals surface area contributed by atoms with Crippen molar-refractivity contribution in [2.75, 3.05) is 14.1 Å². The van der Waals surface area contributed by atoms with Crippen molar-refractivity contribution in [3.63, 3.8) is 0 Å². The molecule has 0 spiro atoms. The molecule has 1 rings (SSSR count). The average molecular weight is 153 g/mol. The molecule has 0 radical (unpaired) electrons. The number of rotatable bonds is 2. The van der Waals surface area contributed by atoms with Crippen LogP contribution < -0.4 is 5.84 Å². The standard InChI is InChI=1S/C8H15N3/c1-8(6-4-5-7-8)11(9)10(2)3/h4-7H,9H2,1-3H3. The van der Waals surface area contributed by atoms with Gasteiger partial charge in [-0.3, -0.25) is 5.84 Å². The van der Waals surface area contributed by atoms with E-state index in [1.54, 1.807) is 5.12 Å².